The van der Waals surface area contributed by atoms with Crippen LogP contribution in [0.15, 0.2) is 79.1 Å². The number of amides is 2. The summed E-state index contributed by atoms with van der Waals surface area (Å²) in [5.41, 5.74) is 2.81. The molecule has 3 aromatic rings. The van der Waals surface area contributed by atoms with Crippen LogP contribution >= 0.6 is 24.0 Å². The first kappa shape index (κ1) is 19.8. The van der Waals surface area contributed by atoms with Gasteiger partial charge in [-0.05, 0) is 35.4 Å². The Bertz CT molecular complexity index is 789. The minimum Gasteiger partial charge on any atom is -0.337 e. The highest BCUT2D eigenvalue weighted by Crippen LogP contribution is 2.24. The molecule has 4 nitrogen and oxygen atoms in total. The maximum absolute atomic E-state index is 12.2. The molecule has 134 valence electrons. The standard InChI is InChI=1S/C20H18ClN3O.ClH/c21-18-8-4-5-9-19(18)24-20(25)23-14-17(15-6-2-1-3-7-15)16-10-12-22-13-11-16;/h1-13,17H,14H2,(H2,23,24,25);1H. The van der Waals surface area contributed by atoms with Crippen LogP contribution in [-0.2, 0) is 0 Å². The zero-order valence-electron chi connectivity index (χ0n) is 13.9. The van der Waals surface area contributed by atoms with Crippen molar-refractivity contribution in [3.8, 4) is 0 Å². The molecule has 1 atom stereocenters. The van der Waals surface area contributed by atoms with Gasteiger partial charge in [0.25, 0.3) is 0 Å². The van der Waals surface area contributed by atoms with Crippen LogP contribution in [0, 0.1) is 0 Å². The molecule has 2 aromatic carbocycles. The minimum atomic E-state index is -0.289. The molecule has 26 heavy (non-hydrogen) atoms. The molecule has 6 heteroatoms. The number of aromatic nitrogens is 1. The quantitative estimate of drug-likeness (QED) is 0.638. The van der Waals surface area contributed by atoms with E-state index in [4.69, 9.17) is 11.6 Å². The number of rotatable bonds is 5. The van der Waals surface area contributed by atoms with Crippen molar-refractivity contribution in [2.24, 2.45) is 0 Å². The van der Waals surface area contributed by atoms with E-state index < -0.39 is 0 Å². The van der Waals surface area contributed by atoms with E-state index in [1.54, 1.807) is 24.5 Å². The Morgan fingerprint density at radius 1 is 0.923 bits per heavy atom. The molecule has 2 N–H and O–H groups in total. The summed E-state index contributed by atoms with van der Waals surface area (Å²) in [6.07, 6.45) is 3.52. The molecule has 0 aliphatic rings. The molecular weight excluding hydrogens is 369 g/mol. The molecule has 0 saturated carbocycles. The van der Waals surface area contributed by atoms with Gasteiger partial charge < -0.3 is 10.6 Å². The van der Waals surface area contributed by atoms with Gasteiger partial charge in [0, 0.05) is 24.9 Å². The van der Waals surface area contributed by atoms with Crippen molar-refractivity contribution in [2.45, 2.75) is 5.92 Å². The summed E-state index contributed by atoms with van der Waals surface area (Å²) in [7, 11) is 0. The Labute approximate surface area is 164 Å². The first-order chi connectivity index (χ1) is 12.2. The molecule has 0 spiro atoms. The summed E-state index contributed by atoms with van der Waals surface area (Å²) in [5.74, 6) is 0.0428. The lowest BCUT2D eigenvalue weighted by Crippen LogP contribution is -2.32. The summed E-state index contributed by atoms with van der Waals surface area (Å²) in [6, 6.07) is 20.9. The Balaban J connectivity index is 0.00000243. The Kier molecular flexibility index (Phi) is 7.45. The van der Waals surface area contributed by atoms with Gasteiger partial charge in [0.2, 0.25) is 0 Å². The van der Waals surface area contributed by atoms with Gasteiger partial charge in [0.05, 0.1) is 10.7 Å². The molecule has 0 saturated heterocycles. The van der Waals surface area contributed by atoms with E-state index in [2.05, 4.69) is 27.8 Å². The highest BCUT2D eigenvalue weighted by Gasteiger charge is 2.15. The third-order valence-electron chi connectivity index (χ3n) is 3.90. The summed E-state index contributed by atoms with van der Waals surface area (Å²) >= 11 is 6.07. The molecule has 1 aromatic heterocycles. The number of benzene rings is 2. The normalized spacial score (nSPS) is 11.1. The molecule has 0 radical (unpaired) electrons. The Hall–Kier alpha value is -2.56. The number of anilines is 1. The minimum absolute atomic E-state index is 0. The van der Waals surface area contributed by atoms with Crippen molar-refractivity contribution in [3.63, 3.8) is 0 Å². The fraction of sp³-hybridized carbons (Fsp3) is 0.100. The number of carbonyl (C=O) groups excluding carboxylic acids is 1. The summed E-state index contributed by atoms with van der Waals surface area (Å²) in [6.45, 7) is 0.463. The van der Waals surface area contributed by atoms with E-state index in [9.17, 15) is 4.79 Å². The SMILES string of the molecule is Cl.O=C(NCC(c1ccccc1)c1ccncc1)Nc1ccccc1Cl. The van der Waals surface area contributed by atoms with Crippen LogP contribution in [0.4, 0.5) is 10.5 Å². The number of pyridine rings is 1. The molecule has 0 bridgehead atoms. The van der Waals surface area contributed by atoms with Crippen molar-refractivity contribution in [3.05, 3.63) is 95.3 Å². The lowest BCUT2D eigenvalue weighted by Gasteiger charge is -2.19. The van der Waals surface area contributed by atoms with Crippen molar-refractivity contribution >= 4 is 35.7 Å². The van der Waals surface area contributed by atoms with Gasteiger partial charge in [-0.25, -0.2) is 4.79 Å². The van der Waals surface area contributed by atoms with Gasteiger partial charge >= 0.3 is 6.03 Å². The number of nitrogens with one attached hydrogen (secondary N) is 2. The number of nitrogens with zero attached hydrogens (tertiary/aromatic N) is 1. The lowest BCUT2D eigenvalue weighted by atomic mass is 9.92. The van der Waals surface area contributed by atoms with Crippen LogP contribution in [0.3, 0.4) is 0 Å². The third-order valence-corrected chi connectivity index (χ3v) is 4.23. The maximum Gasteiger partial charge on any atom is 0.319 e. The van der Waals surface area contributed by atoms with E-state index in [-0.39, 0.29) is 24.4 Å². The number of hydrogen-bond acceptors (Lipinski definition) is 2. The zero-order chi connectivity index (χ0) is 17.5. The molecule has 0 aliphatic carbocycles. The average Bonchev–Trinajstić information content (AvgIpc) is 2.66. The fourth-order valence-electron chi connectivity index (χ4n) is 2.63. The largest absolute Gasteiger partial charge is 0.337 e. The van der Waals surface area contributed by atoms with Gasteiger partial charge in [0.15, 0.2) is 0 Å². The van der Waals surface area contributed by atoms with Crippen molar-refractivity contribution < 1.29 is 4.79 Å². The number of urea groups is 1. The van der Waals surface area contributed by atoms with Crippen LogP contribution in [-0.4, -0.2) is 17.6 Å². The smallest absolute Gasteiger partial charge is 0.319 e. The van der Waals surface area contributed by atoms with Gasteiger partial charge in [-0.1, -0.05) is 54.1 Å². The number of halogens is 2. The van der Waals surface area contributed by atoms with E-state index in [0.717, 1.165) is 11.1 Å². The van der Waals surface area contributed by atoms with E-state index >= 15 is 0 Å². The zero-order valence-corrected chi connectivity index (χ0v) is 15.5. The number of carbonyl (C=O) groups is 1. The van der Waals surface area contributed by atoms with E-state index in [1.165, 1.54) is 0 Å². The van der Waals surface area contributed by atoms with Crippen molar-refractivity contribution in [1.29, 1.82) is 0 Å². The number of hydrogen-bond donors (Lipinski definition) is 2. The fourth-order valence-corrected chi connectivity index (χ4v) is 2.82. The van der Waals surface area contributed by atoms with Crippen molar-refractivity contribution in [1.82, 2.24) is 10.3 Å². The second-order valence-electron chi connectivity index (χ2n) is 5.56. The van der Waals surface area contributed by atoms with Crippen LogP contribution in [0.5, 0.6) is 0 Å². The van der Waals surface area contributed by atoms with Gasteiger partial charge in [-0.15, -0.1) is 12.4 Å². The molecule has 0 fully saturated rings. The summed E-state index contributed by atoms with van der Waals surface area (Å²) < 4.78 is 0. The first-order valence-corrected chi connectivity index (χ1v) is 8.36. The Morgan fingerprint density at radius 2 is 1.54 bits per heavy atom. The van der Waals surface area contributed by atoms with Crippen molar-refractivity contribution in [2.75, 3.05) is 11.9 Å². The molecule has 3 rings (SSSR count). The third kappa shape index (κ3) is 5.22. The molecule has 1 heterocycles. The predicted octanol–water partition coefficient (Wildman–Crippen LogP) is 5.11. The number of para-hydroxylation sites is 1. The van der Waals surface area contributed by atoms with Gasteiger partial charge in [-0.2, -0.15) is 0 Å². The average molecular weight is 388 g/mol. The van der Waals surface area contributed by atoms with E-state index in [1.807, 2.05) is 42.5 Å². The first-order valence-electron chi connectivity index (χ1n) is 7.98. The van der Waals surface area contributed by atoms with Crippen LogP contribution in [0.1, 0.15) is 17.0 Å². The highest BCUT2D eigenvalue weighted by atomic mass is 35.5. The monoisotopic (exact) mass is 387 g/mol. The lowest BCUT2D eigenvalue weighted by molar-refractivity contribution is 0.252. The highest BCUT2D eigenvalue weighted by molar-refractivity contribution is 6.33. The maximum atomic E-state index is 12.2. The topological polar surface area (TPSA) is 54.0 Å². The molecular formula is C20H19Cl2N3O. The van der Waals surface area contributed by atoms with Crippen LogP contribution in [0.2, 0.25) is 5.02 Å². The van der Waals surface area contributed by atoms with Crippen LogP contribution in [0.25, 0.3) is 0 Å². The Morgan fingerprint density at radius 3 is 2.23 bits per heavy atom. The second-order valence-corrected chi connectivity index (χ2v) is 5.97. The second kappa shape index (κ2) is 9.80. The van der Waals surface area contributed by atoms with Crippen LogP contribution < -0.4 is 10.6 Å². The molecule has 2 amide bonds. The molecule has 0 aliphatic heterocycles. The van der Waals surface area contributed by atoms with Gasteiger partial charge in [-0.3, -0.25) is 4.98 Å². The predicted molar refractivity (Wildman–Crippen MR) is 108 cm³/mol. The molecule has 1 unspecified atom stereocenters. The summed E-state index contributed by atoms with van der Waals surface area (Å²) in [4.78, 5) is 16.3. The summed E-state index contributed by atoms with van der Waals surface area (Å²) in [5, 5.41) is 6.21. The van der Waals surface area contributed by atoms with E-state index in [0.29, 0.717) is 17.3 Å². The van der Waals surface area contributed by atoms with Gasteiger partial charge in [0.1, 0.15) is 0 Å².